The van der Waals surface area contributed by atoms with Crippen LogP contribution in [0.4, 0.5) is 0 Å². The first-order valence-corrected chi connectivity index (χ1v) is 13.6. The van der Waals surface area contributed by atoms with E-state index >= 15 is 0 Å². The fourth-order valence-electron chi connectivity index (χ4n) is 5.28. The maximum absolute atomic E-state index is 12.6. The van der Waals surface area contributed by atoms with Crippen molar-refractivity contribution in [3.63, 3.8) is 0 Å². The van der Waals surface area contributed by atoms with E-state index < -0.39 is 91.5 Å². The van der Waals surface area contributed by atoms with Gasteiger partial charge >= 0.3 is 0 Å². The van der Waals surface area contributed by atoms with E-state index in [1.807, 2.05) is 0 Å². The van der Waals surface area contributed by atoms with Crippen LogP contribution in [0.3, 0.4) is 0 Å². The summed E-state index contributed by atoms with van der Waals surface area (Å²) >= 11 is 0. The van der Waals surface area contributed by atoms with Gasteiger partial charge in [-0.2, -0.15) is 0 Å². The lowest BCUT2D eigenvalue weighted by molar-refractivity contribution is -0.319. The Balaban J connectivity index is 1.85. The van der Waals surface area contributed by atoms with E-state index in [0.717, 1.165) is 0 Å². The van der Waals surface area contributed by atoms with Gasteiger partial charge in [-0.1, -0.05) is 0 Å². The molecule has 2 saturated heterocycles. The van der Waals surface area contributed by atoms with Crippen LogP contribution in [-0.4, -0.2) is 143 Å². The number of hydrogen-bond donors (Lipinski definition) is 12. The Morgan fingerprint density at radius 3 is 2.20 bits per heavy atom. The molecule has 0 aromatic rings. The van der Waals surface area contributed by atoms with Crippen LogP contribution in [0.2, 0.25) is 0 Å². The average molecular weight is 582 g/mol. The second-order valence-electron chi connectivity index (χ2n) is 10.7. The number of nitrogens with one attached hydrogen (secondary N) is 1. The highest BCUT2D eigenvalue weighted by atomic mass is 16.7. The molecule has 0 bridgehead atoms. The third kappa shape index (κ3) is 7.63. The monoisotopic (exact) mass is 581 g/mol. The van der Waals surface area contributed by atoms with Gasteiger partial charge in [-0.3, -0.25) is 4.79 Å². The fourth-order valence-corrected chi connectivity index (χ4v) is 5.28. The normalized spacial score (nSPS) is 44.1. The number of aliphatic hydroxyl groups is 5. The number of aliphatic hydroxyl groups excluding tert-OH is 5. The number of ether oxygens (including phenoxy) is 4. The van der Waals surface area contributed by atoms with E-state index in [2.05, 4.69) is 5.32 Å². The molecule has 3 aliphatic rings. The summed E-state index contributed by atoms with van der Waals surface area (Å²) in [5.41, 5.74) is 35.2. The van der Waals surface area contributed by atoms with Crippen LogP contribution in [0.25, 0.3) is 0 Å². The number of rotatable bonds is 11. The van der Waals surface area contributed by atoms with Gasteiger partial charge in [-0.25, -0.2) is 0 Å². The van der Waals surface area contributed by atoms with E-state index in [-0.39, 0.29) is 38.6 Å². The van der Waals surface area contributed by atoms with E-state index in [9.17, 15) is 30.3 Å². The largest absolute Gasteiger partial charge is 0.389 e. The van der Waals surface area contributed by atoms with Gasteiger partial charge in [0, 0.05) is 19.1 Å². The van der Waals surface area contributed by atoms with Gasteiger partial charge in [-0.15, -0.1) is 0 Å². The van der Waals surface area contributed by atoms with Crippen molar-refractivity contribution in [1.29, 1.82) is 0 Å². The summed E-state index contributed by atoms with van der Waals surface area (Å²) < 4.78 is 23.5. The number of hydrogen-bond acceptors (Lipinski definition) is 16. The summed E-state index contributed by atoms with van der Waals surface area (Å²) in [6.07, 6.45) is -12.7. The standard InChI is InChI=1S/C23H47N7O10/c24-4-3-12(31)21(36)30-11-5-10(28)18(38-22-9(27)2-1-8(6-25)37-22)17(35)19(11)39-23-16(34)14(29)15(33)20(40-23)13(32)7-26/h8-20,22-23,31-35H,1-7,24-29H2,(H,30,36)/t8-,9+,10-,11+,12-,13?,14-,15-,16+,17+,18+,19-,20+,22+,23-/m0/s1. The van der Waals surface area contributed by atoms with Crippen molar-refractivity contribution in [2.24, 2.45) is 34.4 Å². The average Bonchev–Trinajstić information content (AvgIpc) is 2.93. The molecule has 2 heterocycles. The molecule has 1 amide bonds. The van der Waals surface area contributed by atoms with Gasteiger partial charge in [0.25, 0.3) is 0 Å². The molecule has 1 aliphatic carbocycles. The molecule has 2 aliphatic heterocycles. The van der Waals surface area contributed by atoms with Gasteiger partial charge in [-0.05, 0) is 32.2 Å². The Morgan fingerprint density at radius 1 is 0.900 bits per heavy atom. The molecule has 18 N–H and O–H groups in total. The molecule has 3 fully saturated rings. The lowest BCUT2D eigenvalue weighted by Crippen LogP contribution is -2.69. The van der Waals surface area contributed by atoms with Crippen LogP contribution in [0.1, 0.15) is 25.7 Å². The summed E-state index contributed by atoms with van der Waals surface area (Å²) in [7, 11) is 0. The first kappa shape index (κ1) is 33.4. The van der Waals surface area contributed by atoms with Crippen molar-refractivity contribution in [2.45, 2.75) is 117 Å². The maximum Gasteiger partial charge on any atom is 0.249 e. The zero-order chi connectivity index (χ0) is 29.7. The van der Waals surface area contributed by atoms with Gasteiger partial charge in [0.05, 0.1) is 30.3 Å². The molecule has 15 atom stereocenters. The minimum atomic E-state index is -1.60. The van der Waals surface area contributed by atoms with Crippen molar-refractivity contribution in [2.75, 3.05) is 19.6 Å². The van der Waals surface area contributed by atoms with Crippen LogP contribution in [0.5, 0.6) is 0 Å². The lowest BCUT2D eigenvalue weighted by Gasteiger charge is -2.48. The second-order valence-corrected chi connectivity index (χ2v) is 10.7. The summed E-state index contributed by atoms with van der Waals surface area (Å²) in [4.78, 5) is 12.6. The van der Waals surface area contributed by atoms with Crippen molar-refractivity contribution in [3.8, 4) is 0 Å². The molecule has 0 aromatic heterocycles. The summed E-state index contributed by atoms with van der Waals surface area (Å²) in [5, 5.41) is 55.5. The highest BCUT2D eigenvalue weighted by Gasteiger charge is 2.52. The Labute approximate surface area is 232 Å². The predicted molar refractivity (Wildman–Crippen MR) is 139 cm³/mol. The molecule has 1 saturated carbocycles. The molecule has 0 aromatic carbocycles. The van der Waals surface area contributed by atoms with Crippen LogP contribution in [0, 0.1) is 0 Å². The smallest absolute Gasteiger partial charge is 0.249 e. The molecule has 0 radical (unpaired) electrons. The quantitative estimate of drug-likeness (QED) is 0.108. The molecular formula is C23H47N7O10. The predicted octanol–water partition coefficient (Wildman–Crippen LogP) is -7.07. The fraction of sp³-hybridized carbons (Fsp3) is 0.957. The van der Waals surface area contributed by atoms with Crippen LogP contribution in [0.15, 0.2) is 0 Å². The number of carbonyl (C=O) groups excluding carboxylic acids is 1. The van der Waals surface area contributed by atoms with E-state index in [1.165, 1.54) is 0 Å². The molecular weight excluding hydrogens is 534 g/mol. The van der Waals surface area contributed by atoms with Crippen LogP contribution in [-0.2, 0) is 23.7 Å². The maximum atomic E-state index is 12.6. The van der Waals surface area contributed by atoms with Gasteiger partial charge in [0.15, 0.2) is 12.6 Å². The molecule has 1 unspecified atom stereocenters. The Bertz CT molecular complexity index is 805. The topological polar surface area (TPSA) is 323 Å². The SMILES string of the molecule is NCC[C@H](O)C(=O)N[C@@H]1C[C@H](N)[C@@H](O[C@H]2O[C@H](CN)CC[C@H]2N)[C@@H](O)[C@H]1O[C@H]1O[C@H](C(O)CN)[C@@H](O)[C@H](N)[C@H]1O. The van der Waals surface area contributed by atoms with Crippen molar-refractivity contribution >= 4 is 5.91 Å². The van der Waals surface area contributed by atoms with Crippen molar-refractivity contribution in [3.05, 3.63) is 0 Å². The summed E-state index contributed by atoms with van der Waals surface area (Å²) in [6, 6.07) is -3.68. The highest BCUT2D eigenvalue weighted by Crippen LogP contribution is 2.32. The molecule has 40 heavy (non-hydrogen) atoms. The molecule has 17 nitrogen and oxygen atoms in total. The third-order valence-corrected chi connectivity index (χ3v) is 7.75. The molecule has 234 valence electrons. The van der Waals surface area contributed by atoms with Gasteiger partial charge in [0.1, 0.15) is 42.7 Å². The highest BCUT2D eigenvalue weighted by molar-refractivity contribution is 5.80. The Hall–Kier alpha value is -1.13. The van der Waals surface area contributed by atoms with Crippen LogP contribution >= 0.6 is 0 Å². The minimum Gasteiger partial charge on any atom is -0.389 e. The van der Waals surface area contributed by atoms with Gasteiger partial charge in [0.2, 0.25) is 5.91 Å². The zero-order valence-corrected chi connectivity index (χ0v) is 22.4. The molecule has 3 rings (SSSR count). The van der Waals surface area contributed by atoms with Crippen molar-refractivity contribution < 1.29 is 49.3 Å². The zero-order valence-electron chi connectivity index (χ0n) is 22.4. The first-order valence-electron chi connectivity index (χ1n) is 13.6. The van der Waals surface area contributed by atoms with E-state index in [4.69, 9.17) is 53.3 Å². The summed E-state index contributed by atoms with van der Waals surface area (Å²) in [5.74, 6) is -0.778. The second kappa shape index (κ2) is 14.9. The number of nitrogens with two attached hydrogens (primary N) is 6. The Kier molecular flexibility index (Phi) is 12.4. The van der Waals surface area contributed by atoms with E-state index in [0.29, 0.717) is 12.8 Å². The van der Waals surface area contributed by atoms with Crippen LogP contribution < -0.4 is 39.7 Å². The number of carbonyl (C=O) groups is 1. The number of amides is 1. The first-order chi connectivity index (χ1) is 18.9. The van der Waals surface area contributed by atoms with E-state index in [1.54, 1.807) is 0 Å². The third-order valence-electron chi connectivity index (χ3n) is 7.75. The summed E-state index contributed by atoms with van der Waals surface area (Å²) in [6.45, 7) is 0.0166. The lowest BCUT2D eigenvalue weighted by atomic mass is 9.83. The molecule has 17 heteroatoms. The molecule has 0 spiro atoms. The van der Waals surface area contributed by atoms with Crippen molar-refractivity contribution in [1.82, 2.24) is 5.32 Å². The minimum absolute atomic E-state index is 0.00208. The Morgan fingerprint density at radius 2 is 1.57 bits per heavy atom. The van der Waals surface area contributed by atoms with Gasteiger partial charge < -0.3 is 84.2 Å².